The fourth-order valence-corrected chi connectivity index (χ4v) is 2.28. The number of carbonyl (C=O) groups is 1. The van der Waals surface area contributed by atoms with E-state index in [1.54, 1.807) is 30.5 Å². The Morgan fingerprint density at radius 2 is 1.76 bits per heavy atom. The number of hydrogen-bond donors (Lipinski definition) is 1. The van der Waals surface area contributed by atoms with Gasteiger partial charge in [-0.15, -0.1) is 0 Å². The smallest absolute Gasteiger partial charge is 0.267 e. The Bertz CT molecular complexity index is 580. The molecule has 5 heteroatoms. The number of ether oxygens (including phenoxy) is 1. The quantitative estimate of drug-likeness (QED) is 0.480. The summed E-state index contributed by atoms with van der Waals surface area (Å²) in [6, 6.07) is 9.15. The number of anilines is 1. The molecule has 0 radical (unpaired) electrons. The molecule has 136 valence electrons. The molecular formula is C20H29N3O2. The molecule has 0 saturated heterocycles. The molecule has 0 saturated carbocycles. The van der Waals surface area contributed by atoms with Gasteiger partial charge in [0.15, 0.2) is 0 Å². The zero-order chi connectivity index (χ0) is 18.5. The van der Waals surface area contributed by atoms with Crippen molar-refractivity contribution in [2.75, 3.05) is 25.0 Å². The minimum Gasteiger partial charge on any atom is -0.494 e. The van der Waals surface area contributed by atoms with Gasteiger partial charge in [-0.05, 0) is 44.0 Å². The molecule has 0 aromatic heterocycles. The third kappa shape index (κ3) is 7.75. The third-order valence-electron chi connectivity index (χ3n) is 3.70. The molecule has 1 N–H and O–H groups in total. The average Bonchev–Trinajstić information content (AvgIpc) is 2.63. The van der Waals surface area contributed by atoms with E-state index in [9.17, 15) is 10.1 Å². The molecule has 0 unspecified atom stereocenters. The van der Waals surface area contributed by atoms with Gasteiger partial charge in [-0.1, -0.05) is 26.7 Å². The third-order valence-corrected chi connectivity index (χ3v) is 3.70. The van der Waals surface area contributed by atoms with Crippen LogP contribution in [0.3, 0.4) is 0 Å². The summed E-state index contributed by atoms with van der Waals surface area (Å²) in [6.45, 7) is 8.49. The summed E-state index contributed by atoms with van der Waals surface area (Å²) in [5, 5.41) is 12.1. The van der Waals surface area contributed by atoms with Crippen LogP contribution in [0.25, 0.3) is 0 Å². The van der Waals surface area contributed by atoms with Gasteiger partial charge in [0.05, 0.1) is 6.61 Å². The Labute approximate surface area is 151 Å². The molecule has 0 aliphatic heterocycles. The van der Waals surface area contributed by atoms with Gasteiger partial charge in [-0.2, -0.15) is 5.26 Å². The summed E-state index contributed by atoms with van der Waals surface area (Å²) >= 11 is 0. The maximum absolute atomic E-state index is 12.4. The lowest BCUT2D eigenvalue weighted by Gasteiger charge is -2.20. The summed E-state index contributed by atoms with van der Waals surface area (Å²) in [5.74, 6) is 0.367. The van der Waals surface area contributed by atoms with Crippen molar-refractivity contribution < 1.29 is 9.53 Å². The van der Waals surface area contributed by atoms with E-state index in [1.807, 2.05) is 13.0 Å². The van der Waals surface area contributed by atoms with Gasteiger partial charge >= 0.3 is 0 Å². The number of carbonyl (C=O) groups excluding carboxylic acids is 1. The molecule has 0 bridgehead atoms. The Morgan fingerprint density at radius 3 is 2.24 bits per heavy atom. The van der Waals surface area contributed by atoms with Gasteiger partial charge < -0.3 is 15.0 Å². The van der Waals surface area contributed by atoms with Crippen molar-refractivity contribution >= 4 is 11.6 Å². The van der Waals surface area contributed by atoms with Crippen molar-refractivity contribution in [3.8, 4) is 11.8 Å². The van der Waals surface area contributed by atoms with Crippen LogP contribution in [0.5, 0.6) is 5.75 Å². The lowest BCUT2D eigenvalue weighted by atomic mass is 10.2. The molecule has 0 spiro atoms. The normalized spacial score (nSPS) is 10.9. The predicted molar refractivity (Wildman–Crippen MR) is 101 cm³/mol. The van der Waals surface area contributed by atoms with Crippen LogP contribution < -0.4 is 10.1 Å². The molecule has 0 aliphatic rings. The van der Waals surface area contributed by atoms with Crippen molar-refractivity contribution in [2.24, 2.45) is 0 Å². The molecule has 1 aromatic rings. The molecule has 5 nitrogen and oxygen atoms in total. The second-order valence-corrected chi connectivity index (χ2v) is 5.81. The molecule has 25 heavy (non-hydrogen) atoms. The maximum Gasteiger partial charge on any atom is 0.267 e. The molecule has 0 fully saturated rings. The van der Waals surface area contributed by atoms with Gasteiger partial charge in [0.1, 0.15) is 17.4 Å². The highest BCUT2D eigenvalue weighted by Crippen LogP contribution is 2.16. The molecule has 1 amide bonds. The van der Waals surface area contributed by atoms with Gasteiger partial charge in [0, 0.05) is 25.0 Å². The fourth-order valence-electron chi connectivity index (χ4n) is 2.28. The predicted octanol–water partition coefficient (Wildman–Crippen LogP) is 4.33. The lowest BCUT2D eigenvalue weighted by molar-refractivity contribution is -0.112. The average molecular weight is 343 g/mol. The Balaban J connectivity index is 2.77. The molecule has 1 rings (SSSR count). The minimum atomic E-state index is -0.385. The van der Waals surface area contributed by atoms with Gasteiger partial charge in [0.25, 0.3) is 5.91 Å². The highest BCUT2D eigenvalue weighted by molar-refractivity contribution is 6.06. The highest BCUT2D eigenvalue weighted by atomic mass is 16.5. The number of nitriles is 1. The molecule has 0 atom stereocenters. The summed E-state index contributed by atoms with van der Waals surface area (Å²) in [5.41, 5.74) is 0.768. The number of hydrogen-bond acceptors (Lipinski definition) is 4. The largest absolute Gasteiger partial charge is 0.494 e. The standard InChI is InChI=1S/C20H29N3O2/c1-4-7-13-23(14-8-5-2)16-17(15-21)20(24)22-18-9-11-19(12-10-18)25-6-3/h9-12,16H,4-8,13-14H2,1-3H3,(H,22,24)/b17-16-. The van der Waals surface area contributed by atoms with E-state index in [-0.39, 0.29) is 11.5 Å². The lowest BCUT2D eigenvalue weighted by Crippen LogP contribution is -2.23. The number of unbranched alkanes of at least 4 members (excludes halogenated alkanes) is 2. The van der Waals surface area contributed by atoms with E-state index in [4.69, 9.17) is 4.74 Å². The number of rotatable bonds is 11. The first-order chi connectivity index (χ1) is 12.1. The SMILES string of the molecule is CCCCN(/C=C(/C#N)C(=O)Nc1ccc(OCC)cc1)CCCC. The maximum atomic E-state index is 12.4. The topological polar surface area (TPSA) is 65.4 Å². The Kier molecular flexibility index (Phi) is 9.84. The Morgan fingerprint density at radius 1 is 1.16 bits per heavy atom. The van der Waals surface area contributed by atoms with Crippen LogP contribution in [0, 0.1) is 11.3 Å². The van der Waals surface area contributed by atoms with Crippen LogP contribution in [-0.4, -0.2) is 30.5 Å². The second kappa shape index (κ2) is 12.0. The van der Waals surface area contributed by atoms with Crippen LogP contribution in [-0.2, 0) is 4.79 Å². The van der Waals surface area contributed by atoms with Crippen LogP contribution >= 0.6 is 0 Å². The first kappa shape index (κ1) is 20.6. The zero-order valence-corrected chi connectivity index (χ0v) is 15.5. The van der Waals surface area contributed by atoms with Gasteiger partial charge in [-0.3, -0.25) is 4.79 Å². The molecular weight excluding hydrogens is 314 g/mol. The molecule has 1 aromatic carbocycles. The first-order valence-electron chi connectivity index (χ1n) is 9.04. The highest BCUT2D eigenvalue weighted by Gasteiger charge is 2.11. The second-order valence-electron chi connectivity index (χ2n) is 5.81. The summed E-state index contributed by atoms with van der Waals surface area (Å²) in [6.07, 6.45) is 5.93. The van der Waals surface area contributed by atoms with Crippen LogP contribution in [0.15, 0.2) is 36.0 Å². The van der Waals surface area contributed by atoms with E-state index in [0.29, 0.717) is 12.3 Å². The number of amides is 1. The van der Waals surface area contributed by atoms with Crippen molar-refractivity contribution in [1.82, 2.24) is 4.90 Å². The van der Waals surface area contributed by atoms with E-state index in [0.717, 1.165) is 44.5 Å². The zero-order valence-electron chi connectivity index (χ0n) is 15.5. The fraction of sp³-hybridized carbons (Fsp3) is 0.500. The van der Waals surface area contributed by atoms with Crippen molar-refractivity contribution in [3.63, 3.8) is 0 Å². The van der Waals surface area contributed by atoms with Crippen molar-refractivity contribution in [1.29, 1.82) is 5.26 Å². The monoisotopic (exact) mass is 343 g/mol. The summed E-state index contributed by atoms with van der Waals surface area (Å²) in [4.78, 5) is 14.5. The van der Waals surface area contributed by atoms with Crippen LogP contribution in [0.2, 0.25) is 0 Å². The van der Waals surface area contributed by atoms with E-state index in [2.05, 4.69) is 24.1 Å². The summed E-state index contributed by atoms with van der Waals surface area (Å²) in [7, 11) is 0. The first-order valence-corrected chi connectivity index (χ1v) is 9.04. The van der Waals surface area contributed by atoms with Crippen LogP contribution in [0.4, 0.5) is 5.69 Å². The van der Waals surface area contributed by atoms with Crippen molar-refractivity contribution in [2.45, 2.75) is 46.5 Å². The van der Waals surface area contributed by atoms with Crippen molar-refractivity contribution in [3.05, 3.63) is 36.0 Å². The van der Waals surface area contributed by atoms with Gasteiger partial charge in [-0.25, -0.2) is 0 Å². The number of benzene rings is 1. The van der Waals surface area contributed by atoms with Crippen LogP contribution in [0.1, 0.15) is 46.5 Å². The molecule has 0 aliphatic carbocycles. The Hall–Kier alpha value is -2.48. The minimum absolute atomic E-state index is 0.126. The van der Waals surface area contributed by atoms with E-state index in [1.165, 1.54) is 0 Å². The number of nitrogens with zero attached hydrogens (tertiary/aromatic N) is 2. The van der Waals surface area contributed by atoms with E-state index >= 15 is 0 Å². The summed E-state index contributed by atoms with van der Waals surface area (Å²) < 4.78 is 5.38. The number of nitrogens with one attached hydrogen (secondary N) is 1. The van der Waals surface area contributed by atoms with E-state index < -0.39 is 0 Å². The molecule has 0 heterocycles. The van der Waals surface area contributed by atoms with Gasteiger partial charge in [0.2, 0.25) is 0 Å².